The van der Waals surface area contributed by atoms with Gasteiger partial charge in [-0.15, -0.1) is 0 Å². The minimum atomic E-state index is -0.340. The molecular weight excluding hydrogens is 378 g/mol. The molecule has 27 heavy (non-hydrogen) atoms. The molecule has 0 aromatic heterocycles. The zero-order chi connectivity index (χ0) is 19.0. The number of aliphatic imine (C=N–C) groups is 2. The van der Waals surface area contributed by atoms with E-state index in [1.165, 1.54) is 11.8 Å². The topological polar surface area (TPSA) is 45.0 Å². The van der Waals surface area contributed by atoms with Crippen molar-refractivity contribution >= 4 is 46.0 Å². The molecule has 4 rings (SSSR count). The number of halogens is 1. The van der Waals surface area contributed by atoms with Gasteiger partial charge in [-0.1, -0.05) is 67.9 Å². The zero-order valence-electron chi connectivity index (χ0n) is 15.2. The van der Waals surface area contributed by atoms with Crippen LogP contribution >= 0.6 is 23.4 Å². The summed E-state index contributed by atoms with van der Waals surface area (Å²) in [7, 11) is 0. The monoisotopic (exact) mass is 397 g/mol. The largest absolute Gasteiger partial charge is 0.271 e. The molecule has 0 radical (unpaired) electrons. The fourth-order valence-electron chi connectivity index (χ4n) is 3.23. The van der Waals surface area contributed by atoms with Gasteiger partial charge in [-0.05, 0) is 35.7 Å². The average molecular weight is 398 g/mol. The molecule has 0 saturated heterocycles. The lowest BCUT2D eigenvalue weighted by Gasteiger charge is -2.26. The van der Waals surface area contributed by atoms with Gasteiger partial charge in [0.2, 0.25) is 0 Å². The summed E-state index contributed by atoms with van der Waals surface area (Å²) in [5.41, 5.74) is 2.88. The summed E-state index contributed by atoms with van der Waals surface area (Å²) in [6, 6.07) is 15.3. The first-order valence-electron chi connectivity index (χ1n) is 9.05. The van der Waals surface area contributed by atoms with Gasteiger partial charge in [0.05, 0.1) is 5.69 Å². The molecule has 2 unspecified atom stereocenters. The maximum absolute atomic E-state index is 13.1. The minimum Gasteiger partial charge on any atom is -0.271 e. The molecule has 2 aliphatic rings. The second kappa shape index (κ2) is 7.49. The number of carbonyl (C=O) groups is 1. The zero-order valence-corrected chi connectivity index (χ0v) is 16.8. The third kappa shape index (κ3) is 3.42. The van der Waals surface area contributed by atoms with Crippen LogP contribution in [0.2, 0.25) is 5.02 Å². The molecule has 2 heterocycles. The Morgan fingerprint density at radius 2 is 2.04 bits per heavy atom. The standard InChI is InChI=1S/C21H20ClN3OS/c1-3-13(2)18-20(26)25-19(24-18)16-9-4-5-10-17(16)23-21(25)27-12-14-7-6-8-15(22)11-14/h4-11,13,18H,3,12H2,1-2H3. The Kier molecular flexibility index (Phi) is 5.06. The van der Waals surface area contributed by atoms with Crippen LogP contribution in [0.15, 0.2) is 58.5 Å². The van der Waals surface area contributed by atoms with Gasteiger partial charge in [0.1, 0.15) is 11.9 Å². The highest BCUT2D eigenvalue weighted by Crippen LogP contribution is 2.36. The molecule has 0 bridgehead atoms. The predicted octanol–water partition coefficient (Wildman–Crippen LogP) is 5.28. The van der Waals surface area contributed by atoms with Crippen LogP contribution in [0.3, 0.4) is 0 Å². The number of nitrogens with zero attached hydrogens (tertiary/aromatic N) is 3. The molecule has 1 amide bonds. The summed E-state index contributed by atoms with van der Waals surface area (Å²) < 4.78 is 0. The van der Waals surface area contributed by atoms with E-state index >= 15 is 0 Å². The number of hydrogen-bond donors (Lipinski definition) is 0. The Labute approximate surface area is 168 Å². The van der Waals surface area contributed by atoms with Gasteiger partial charge < -0.3 is 0 Å². The first-order valence-corrected chi connectivity index (χ1v) is 10.4. The van der Waals surface area contributed by atoms with Crippen LogP contribution in [0, 0.1) is 5.92 Å². The van der Waals surface area contributed by atoms with Gasteiger partial charge in [-0.25, -0.2) is 9.89 Å². The summed E-state index contributed by atoms with van der Waals surface area (Å²) in [6.45, 7) is 4.17. The number of carbonyl (C=O) groups excluding carboxylic acids is 1. The lowest BCUT2D eigenvalue weighted by Crippen LogP contribution is -2.42. The van der Waals surface area contributed by atoms with Crippen molar-refractivity contribution in [2.75, 3.05) is 0 Å². The van der Waals surface area contributed by atoms with Crippen LogP contribution in [-0.2, 0) is 10.5 Å². The first-order chi connectivity index (χ1) is 13.1. The molecule has 0 fully saturated rings. The highest BCUT2D eigenvalue weighted by atomic mass is 35.5. The van der Waals surface area contributed by atoms with E-state index in [1.54, 1.807) is 4.90 Å². The molecule has 4 nitrogen and oxygen atoms in total. The third-order valence-electron chi connectivity index (χ3n) is 4.94. The predicted molar refractivity (Wildman–Crippen MR) is 113 cm³/mol. The molecule has 0 N–H and O–H groups in total. The molecule has 0 saturated carbocycles. The smallest absolute Gasteiger partial charge is 0.259 e. The van der Waals surface area contributed by atoms with E-state index in [2.05, 4.69) is 13.8 Å². The van der Waals surface area contributed by atoms with E-state index < -0.39 is 0 Å². The normalized spacial score (nSPS) is 19.3. The molecule has 0 aliphatic carbocycles. The van der Waals surface area contributed by atoms with E-state index in [0.717, 1.165) is 29.1 Å². The number of fused-ring (bicyclic) bond motifs is 3. The summed E-state index contributed by atoms with van der Waals surface area (Å²) in [4.78, 5) is 24.4. The molecule has 6 heteroatoms. The molecule has 2 aromatic rings. The van der Waals surface area contributed by atoms with Crippen molar-refractivity contribution < 1.29 is 4.79 Å². The number of thioether (sulfide) groups is 1. The van der Waals surface area contributed by atoms with Gasteiger partial charge in [-0.2, -0.15) is 0 Å². The van der Waals surface area contributed by atoms with Gasteiger partial charge >= 0.3 is 0 Å². The van der Waals surface area contributed by atoms with E-state index in [1.807, 2.05) is 48.5 Å². The maximum Gasteiger partial charge on any atom is 0.259 e. The Bertz CT molecular complexity index is 956. The highest BCUT2D eigenvalue weighted by molar-refractivity contribution is 8.13. The Hall–Kier alpha value is -2.11. The SMILES string of the molecule is CCC(C)C1N=C2c3ccccc3N=C(SCc3cccc(Cl)c3)N2C1=O. The number of amides is 1. The number of hydrogen-bond acceptors (Lipinski definition) is 4. The number of amidine groups is 2. The van der Waals surface area contributed by atoms with Crippen molar-refractivity contribution in [1.29, 1.82) is 0 Å². The Morgan fingerprint density at radius 3 is 2.81 bits per heavy atom. The van der Waals surface area contributed by atoms with Crippen molar-refractivity contribution in [3.63, 3.8) is 0 Å². The van der Waals surface area contributed by atoms with Crippen molar-refractivity contribution in [2.24, 2.45) is 15.9 Å². The van der Waals surface area contributed by atoms with Crippen LogP contribution < -0.4 is 0 Å². The van der Waals surface area contributed by atoms with E-state index in [-0.39, 0.29) is 17.9 Å². The quantitative estimate of drug-likeness (QED) is 0.704. The van der Waals surface area contributed by atoms with Gasteiger partial charge in [0.25, 0.3) is 5.91 Å². The number of para-hydroxylation sites is 1. The highest BCUT2D eigenvalue weighted by Gasteiger charge is 2.42. The molecule has 2 atom stereocenters. The third-order valence-corrected chi connectivity index (χ3v) is 6.18. The Morgan fingerprint density at radius 1 is 1.22 bits per heavy atom. The molecular formula is C21H20ClN3OS. The van der Waals surface area contributed by atoms with Crippen molar-refractivity contribution in [3.05, 3.63) is 64.7 Å². The fraction of sp³-hybridized carbons (Fsp3) is 0.286. The Balaban J connectivity index is 1.68. The first kappa shape index (κ1) is 18.3. The molecule has 2 aromatic carbocycles. The van der Waals surface area contributed by atoms with E-state index in [9.17, 15) is 4.79 Å². The van der Waals surface area contributed by atoms with Gasteiger partial charge in [-0.3, -0.25) is 9.79 Å². The number of rotatable bonds is 4. The fourth-order valence-corrected chi connectivity index (χ4v) is 4.39. The summed E-state index contributed by atoms with van der Waals surface area (Å²) >= 11 is 7.63. The van der Waals surface area contributed by atoms with Gasteiger partial charge in [0, 0.05) is 16.3 Å². The minimum absolute atomic E-state index is 0.0196. The lowest BCUT2D eigenvalue weighted by molar-refractivity contribution is -0.125. The van der Waals surface area contributed by atoms with E-state index in [0.29, 0.717) is 15.9 Å². The summed E-state index contributed by atoms with van der Waals surface area (Å²) in [6.07, 6.45) is 0.908. The van der Waals surface area contributed by atoms with Crippen molar-refractivity contribution in [3.8, 4) is 0 Å². The number of benzene rings is 2. The summed E-state index contributed by atoms with van der Waals surface area (Å²) in [5, 5.41) is 1.39. The lowest BCUT2D eigenvalue weighted by atomic mass is 10.00. The summed E-state index contributed by atoms with van der Waals surface area (Å²) in [5.74, 6) is 1.63. The van der Waals surface area contributed by atoms with Crippen LogP contribution in [0.25, 0.3) is 0 Å². The van der Waals surface area contributed by atoms with Crippen LogP contribution in [0.1, 0.15) is 31.4 Å². The van der Waals surface area contributed by atoms with Crippen molar-refractivity contribution in [2.45, 2.75) is 32.1 Å². The molecule has 2 aliphatic heterocycles. The van der Waals surface area contributed by atoms with Crippen LogP contribution in [0.5, 0.6) is 0 Å². The molecule has 138 valence electrons. The van der Waals surface area contributed by atoms with Crippen LogP contribution in [0.4, 0.5) is 5.69 Å². The molecule has 0 spiro atoms. The van der Waals surface area contributed by atoms with Crippen LogP contribution in [-0.4, -0.2) is 27.9 Å². The maximum atomic E-state index is 13.1. The second-order valence-corrected chi connectivity index (χ2v) is 8.17. The van der Waals surface area contributed by atoms with Crippen molar-refractivity contribution in [1.82, 2.24) is 4.90 Å². The van der Waals surface area contributed by atoms with E-state index in [4.69, 9.17) is 21.6 Å². The average Bonchev–Trinajstić information content (AvgIpc) is 3.03. The second-order valence-electron chi connectivity index (χ2n) is 6.79. The van der Waals surface area contributed by atoms with Gasteiger partial charge in [0.15, 0.2) is 5.17 Å².